The number of hydrogen-bond acceptors (Lipinski definition) is 3. The van der Waals surface area contributed by atoms with E-state index < -0.39 is 17.5 Å². The Labute approximate surface area is 206 Å². The molecule has 0 aromatic rings. The van der Waals surface area contributed by atoms with Crippen LogP contribution < -0.4 is 0 Å². The van der Waals surface area contributed by atoms with Gasteiger partial charge in [-0.15, -0.1) is 0 Å². The van der Waals surface area contributed by atoms with Crippen LogP contribution in [0.4, 0.5) is 0 Å². The first-order valence-corrected chi connectivity index (χ1v) is 13.7. The summed E-state index contributed by atoms with van der Waals surface area (Å²) in [6.07, 6.45) is 9.54. The van der Waals surface area contributed by atoms with E-state index in [0.29, 0.717) is 12.3 Å². The van der Waals surface area contributed by atoms with Crippen molar-refractivity contribution >= 4 is 5.97 Å². The van der Waals surface area contributed by atoms with Gasteiger partial charge in [-0.2, -0.15) is 0 Å². The zero-order chi connectivity index (χ0) is 25.3. The minimum absolute atomic E-state index is 0.0185. The Bertz CT molecular complexity index is 899. The molecule has 0 bridgehead atoms. The Morgan fingerprint density at radius 2 is 1.71 bits per heavy atom. The van der Waals surface area contributed by atoms with E-state index in [2.05, 4.69) is 47.6 Å². The molecule has 3 N–H and O–H groups in total. The molecule has 0 spiro atoms. The summed E-state index contributed by atoms with van der Waals surface area (Å²) in [5.74, 6) is -0.103. The minimum atomic E-state index is -1.07. The van der Waals surface area contributed by atoms with Crippen LogP contribution in [-0.4, -0.2) is 33.5 Å². The second kappa shape index (κ2) is 8.47. The van der Waals surface area contributed by atoms with Gasteiger partial charge in [0.2, 0.25) is 0 Å². The maximum Gasteiger partial charge on any atom is 0.312 e. The Morgan fingerprint density at radius 1 is 1.03 bits per heavy atom. The summed E-state index contributed by atoms with van der Waals surface area (Å²) in [6, 6.07) is 0. The molecular formula is C30H48O4. The smallest absolute Gasteiger partial charge is 0.312 e. The van der Waals surface area contributed by atoms with Gasteiger partial charge in [0.15, 0.2) is 0 Å². The van der Waals surface area contributed by atoms with Crippen molar-refractivity contribution in [2.45, 2.75) is 118 Å². The summed E-state index contributed by atoms with van der Waals surface area (Å²) < 4.78 is 0. The van der Waals surface area contributed by atoms with Gasteiger partial charge in [-0.05, 0) is 113 Å². The van der Waals surface area contributed by atoms with Gasteiger partial charge in [0.1, 0.15) is 0 Å². The third-order valence-electron chi connectivity index (χ3n) is 11.9. The average Bonchev–Trinajstić information content (AvgIpc) is 3.05. The number of carboxylic acids is 1. The highest BCUT2D eigenvalue weighted by molar-refractivity contribution is 5.76. The molecule has 4 aliphatic rings. The SMILES string of the molecule is CC(C)=CC[C@H](O)[C@@H](C)[C@H]1CC[C@@]2(C)C3=C(CC[C@]12C)[C@@]1(C)CC[C@H](O)[C@@](C)(C(=O)O)[C@@H]1CC3. The van der Waals surface area contributed by atoms with Crippen molar-refractivity contribution in [1.82, 2.24) is 0 Å². The van der Waals surface area contributed by atoms with Crippen molar-refractivity contribution in [2.75, 3.05) is 0 Å². The van der Waals surface area contributed by atoms with Crippen LogP contribution in [0.5, 0.6) is 0 Å². The molecule has 192 valence electrons. The van der Waals surface area contributed by atoms with Gasteiger partial charge in [0.25, 0.3) is 0 Å². The fourth-order valence-electron chi connectivity index (χ4n) is 9.39. The molecule has 0 aromatic carbocycles. The van der Waals surface area contributed by atoms with Gasteiger partial charge in [0.05, 0.1) is 17.6 Å². The first-order chi connectivity index (χ1) is 15.7. The first-order valence-electron chi connectivity index (χ1n) is 13.7. The standard InChI is InChI=1S/C30H48O4/c1-18(2)8-10-23(31)19(3)20-12-16-29(6)22-9-11-24-27(4,21(22)13-17-28(20,29)5)15-14-25(32)30(24,7)26(33)34/h8,19-20,23-25,31-32H,9-17H2,1-7H3,(H,33,34)/t19-,20+,23-,24+,25-,27+,28+,29-,30-/m0/s1. The van der Waals surface area contributed by atoms with E-state index in [4.69, 9.17) is 0 Å². The van der Waals surface area contributed by atoms with Gasteiger partial charge in [0, 0.05) is 0 Å². The van der Waals surface area contributed by atoms with Gasteiger partial charge in [-0.25, -0.2) is 0 Å². The highest BCUT2D eigenvalue weighted by Crippen LogP contribution is 2.72. The fourth-order valence-corrected chi connectivity index (χ4v) is 9.39. The third kappa shape index (κ3) is 3.41. The Morgan fingerprint density at radius 3 is 2.32 bits per heavy atom. The van der Waals surface area contributed by atoms with Crippen molar-refractivity contribution in [2.24, 2.45) is 39.4 Å². The van der Waals surface area contributed by atoms with Gasteiger partial charge in [-0.3, -0.25) is 4.79 Å². The molecule has 0 unspecified atom stereocenters. The molecule has 9 atom stereocenters. The first kappa shape index (κ1) is 25.9. The molecule has 4 nitrogen and oxygen atoms in total. The Balaban J connectivity index is 1.69. The average molecular weight is 473 g/mol. The third-order valence-corrected chi connectivity index (χ3v) is 11.9. The van der Waals surface area contributed by atoms with Crippen molar-refractivity contribution in [3.8, 4) is 0 Å². The summed E-state index contributed by atoms with van der Waals surface area (Å²) >= 11 is 0. The number of carbonyl (C=O) groups is 1. The second-order valence-electron chi connectivity index (χ2n) is 13.4. The van der Waals surface area contributed by atoms with E-state index in [0.717, 1.165) is 51.4 Å². The summed E-state index contributed by atoms with van der Waals surface area (Å²) in [5, 5.41) is 32.0. The number of fused-ring (bicyclic) bond motifs is 4. The zero-order valence-electron chi connectivity index (χ0n) is 22.6. The van der Waals surface area contributed by atoms with Crippen LogP contribution in [-0.2, 0) is 4.79 Å². The van der Waals surface area contributed by atoms with Crippen molar-refractivity contribution < 1.29 is 20.1 Å². The van der Waals surface area contributed by atoms with Crippen LogP contribution in [0.1, 0.15) is 106 Å². The van der Waals surface area contributed by atoms with Crippen LogP contribution in [0.2, 0.25) is 0 Å². The summed E-state index contributed by atoms with van der Waals surface area (Å²) in [7, 11) is 0. The number of aliphatic hydroxyl groups is 2. The lowest BCUT2D eigenvalue weighted by Gasteiger charge is -2.61. The predicted octanol–water partition coefficient (Wildman–Crippen LogP) is 6.51. The van der Waals surface area contributed by atoms with E-state index in [1.54, 1.807) is 12.5 Å². The highest BCUT2D eigenvalue weighted by atomic mass is 16.4. The maximum absolute atomic E-state index is 12.4. The number of carboxylic acid groups (broad SMARTS) is 1. The number of aliphatic hydroxyl groups excluding tert-OH is 2. The van der Waals surface area contributed by atoms with E-state index >= 15 is 0 Å². The van der Waals surface area contributed by atoms with Crippen LogP contribution in [0.3, 0.4) is 0 Å². The molecule has 4 aliphatic carbocycles. The molecule has 0 radical (unpaired) electrons. The summed E-state index contributed by atoms with van der Waals surface area (Å²) in [6.45, 7) is 15.5. The molecule has 2 saturated carbocycles. The molecule has 4 rings (SSSR count). The summed E-state index contributed by atoms with van der Waals surface area (Å²) in [5.41, 5.74) is 3.45. The quantitative estimate of drug-likeness (QED) is 0.398. The molecule has 0 saturated heterocycles. The largest absolute Gasteiger partial charge is 0.481 e. The Hall–Kier alpha value is -1.13. The molecule has 0 aliphatic heterocycles. The van der Waals surface area contributed by atoms with Gasteiger partial charge < -0.3 is 15.3 Å². The van der Waals surface area contributed by atoms with E-state index in [1.807, 2.05) is 0 Å². The Kier molecular flexibility index (Phi) is 6.47. The summed E-state index contributed by atoms with van der Waals surface area (Å²) in [4.78, 5) is 12.4. The van der Waals surface area contributed by atoms with E-state index in [1.165, 1.54) is 11.1 Å². The minimum Gasteiger partial charge on any atom is -0.481 e. The van der Waals surface area contributed by atoms with Crippen LogP contribution in [0.25, 0.3) is 0 Å². The normalized spacial score (nSPS) is 45.6. The maximum atomic E-state index is 12.4. The van der Waals surface area contributed by atoms with Crippen LogP contribution >= 0.6 is 0 Å². The monoisotopic (exact) mass is 472 g/mol. The second-order valence-corrected chi connectivity index (χ2v) is 13.4. The number of allylic oxidation sites excluding steroid dienone is 3. The number of rotatable bonds is 5. The number of hydrogen-bond donors (Lipinski definition) is 3. The molecular weight excluding hydrogens is 424 g/mol. The molecule has 0 heterocycles. The molecule has 2 fully saturated rings. The van der Waals surface area contributed by atoms with E-state index in [-0.39, 0.29) is 34.2 Å². The highest BCUT2D eigenvalue weighted by Gasteiger charge is 2.65. The lowest BCUT2D eigenvalue weighted by atomic mass is 9.43. The van der Waals surface area contributed by atoms with Crippen molar-refractivity contribution in [3.63, 3.8) is 0 Å². The predicted molar refractivity (Wildman–Crippen MR) is 136 cm³/mol. The molecule has 0 amide bonds. The van der Waals surface area contributed by atoms with Crippen molar-refractivity contribution in [1.29, 1.82) is 0 Å². The van der Waals surface area contributed by atoms with Crippen LogP contribution in [0.15, 0.2) is 22.8 Å². The number of aliphatic carboxylic acids is 1. The lowest BCUT2D eigenvalue weighted by Crippen LogP contribution is -2.58. The molecule has 34 heavy (non-hydrogen) atoms. The van der Waals surface area contributed by atoms with Gasteiger partial charge in [-0.1, -0.05) is 50.5 Å². The van der Waals surface area contributed by atoms with Gasteiger partial charge >= 0.3 is 5.97 Å². The zero-order valence-corrected chi connectivity index (χ0v) is 22.6. The van der Waals surface area contributed by atoms with Crippen molar-refractivity contribution in [3.05, 3.63) is 22.8 Å². The van der Waals surface area contributed by atoms with E-state index in [9.17, 15) is 20.1 Å². The molecule has 0 aromatic heterocycles. The fraction of sp³-hybridized carbons (Fsp3) is 0.833. The molecule has 4 heteroatoms. The van der Waals surface area contributed by atoms with Crippen LogP contribution in [0, 0.1) is 39.4 Å². The lowest BCUT2D eigenvalue weighted by molar-refractivity contribution is -0.175. The topological polar surface area (TPSA) is 77.8 Å².